The van der Waals surface area contributed by atoms with Gasteiger partial charge in [0, 0.05) is 0 Å². The van der Waals surface area contributed by atoms with Crippen molar-refractivity contribution in [3.8, 4) is 0 Å². The smallest absolute Gasteiger partial charge is 0.334 e. The molecule has 2 N–H and O–H groups in total. The SMILES string of the molecule is O=C(O)C1(O)C[B]CC1. The van der Waals surface area contributed by atoms with Crippen LogP contribution in [0.25, 0.3) is 0 Å². The number of carboxylic acid groups (broad SMARTS) is 1. The maximum Gasteiger partial charge on any atom is 0.334 e. The number of rotatable bonds is 1. The van der Waals surface area contributed by atoms with Gasteiger partial charge in [0.2, 0.25) is 0 Å². The fourth-order valence-electron chi connectivity index (χ4n) is 0.978. The summed E-state index contributed by atoms with van der Waals surface area (Å²) in [5.41, 5.74) is -1.44. The van der Waals surface area contributed by atoms with Gasteiger partial charge in [-0.1, -0.05) is 6.32 Å². The molecule has 0 aliphatic carbocycles. The second-order valence-electron chi connectivity index (χ2n) is 2.37. The zero-order chi connectivity index (χ0) is 6.91. The van der Waals surface area contributed by atoms with E-state index < -0.39 is 11.6 Å². The molecule has 0 aromatic heterocycles. The molecule has 1 unspecified atom stereocenters. The molecule has 0 amide bonds. The second-order valence-corrected chi connectivity index (χ2v) is 2.37. The molecule has 1 fully saturated rings. The minimum Gasteiger partial charge on any atom is -0.479 e. The fourth-order valence-corrected chi connectivity index (χ4v) is 0.978. The first-order valence-corrected chi connectivity index (χ1v) is 2.92. The van der Waals surface area contributed by atoms with Crippen molar-refractivity contribution in [1.29, 1.82) is 0 Å². The van der Waals surface area contributed by atoms with Crippen LogP contribution in [0.1, 0.15) is 6.42 Å². The molecule has 9 heavy (non-hydrogen) atoms. The van der Waals surface area contributed by atoms with Crippen LogP contribution < -0.4 is 0 Å². The molecule has 1 rings (SSSR count). The van der Waals surface area contributed by atoms with Crippen molar-refractivity contribution in [3.63, 3.8) is 0 Å². The second kappa shape index (κ2) is 2.03. The van der Waals surface area contributed by atoms with Crippen molar-refractivity contribution in [3.05, 3.63) is 0 Å². The van der Waals surface area contributed by atoms with E-state index in [9.17, 15) is 4.79 Å². The minimum absolute atomic E-state index is 0.294. The maximum atomic E-state index is 10.3. The molecule has 1 radical (unpaired) electrons. The van der Waals surface area contributed by atoms with Crippen LogP contribution in [-0.4, -0.2) is 29.1 Å². The van der Waals surface area contributed by atoms with Crippen LogP contribution in [0, 0.1) is 0 Å². The van der Waals surface area contributed by atoms with Crippen molar-refractivity contribution < 1.29 is 15.0 Å². The van der Waals surface area contributed by atoms with E-state index in [0.717, 1.165) is 0 Å². The van der Waals surface area contributed by atoms with E-state index in [2.05, 4.69) is 0 Å². The van der Waals surface area contributed by atoms with Crippen molar-refractivity contribution in [2.24, 2.45) is 0 Å². The summed E-state index contributed by atoms with van der Waals surface area (Å²) in [5.74, 6) is -1.10. The Morgan fingerprint density at radius 1 is 1.67 bits per heavy atom. The van der Waals surface area contributed by atoms with Gasteiger partial charge in [0.15, 0.2) is 5.60 Å². The lowest BCUT2D eigenvalue weighted by molar-refractivity contribution is -0.155. The first-order valence-electron chi connectivity index (χ1n) is 2.92. The Kier molecular flexibility index (Phi) is 1.49. The molecule has 3 nitrogen and oxygen atoms in total. The number of carboxylic acids is 1. The third-order valence-corrected chi connectivity index (χ3v) is 1.64. The highest BCUT2D eigenvalue weighted by molar-refractivity contribution is 6.38. The molecular weight excluding hydrogens is 119 g/mol. The summed E-state index contributed by atoms with van der Waals surface area (Å²) in [6, 6.07) is 0. The van der Waals surface area contributed by atoms with Crippen molar-refractivity contribution in [2.45, 2.75) is 24.7 Å². The van der Waals surface area contributed by atoms with Crippen LogP contribution >= 0.6 is 0 Å². The summed E-state index contributed by atoms with van der Waals surface area (Å²) in [7, 11) is 1.80. The third-order valence-electron chi connectivity index (χ3n) is 1.64. The zero-order valence-corrected chi connectivity index (χ0v) is 5.00. The molecular formula is C5H8BO3. The highest BCUT2D eigenvalue weighted by atomic mass is 16.4. The van der Waals surface area contributed by atoms with Crippen LogP contribution in [0.3, 0.4) is 0 Å². The van der Waals surface area contributed by atoms with Gasteiger partial charge in [-0.15, -0.1) is 0 Å². The van der Waals surface area contributed by atoms with Gasteiger partial charge >= 0.3 is 5.97 Å². The number of aliphatic carboxylic acids is 1. The monoisotopic (exact) mass is 127 g/mol. The van der Waals surface area contributed by atoms with E-state index in [1.54, 1.807) is 7.28 Å². The molecule has 0 aromatic rings. The number of hydrogen-bond donors (Lipinski definition) is 2. The lowest BCUT2D eigenvalue weighted by atomic mass is 9.75. The fraction of sp³-hybridized carbons (Fsp3) is 0.800. The highest BCUT2D eigenvalue weighted by Crippen LogP contribution is 2.25. The Hall–Kier alpha value is -0.505. The molecule has 4 heteroatoms. The Balaban J connectivity index is 2.61. The van der Waals surface area contributed by atoms with E-state index in [4.69, 9.17) is 10.2 Å². The van der Waals surface area contributed by atoms with Gasteiger partial charge < -0.3 is 10.2 Å². The van der Waals surface area contributed by atoms with Crippen molar-refractivity contribution in [1.82, 2.24) is 0 Å². The van der Waals surface area contributed by atoms with Gasteiger partial charge in [-0.25, -0.2) is 4.79 Å². The molecule has 1 heterocycles. The maximum absolute atomic E-state index is 10.3. The number of hydrogen-bond acceptors (Lipinski definition) is 2. The summed E-state index contributed by atoms with van der Waals surface area (Å²) < 4.78 is 0. The van der Waals surface area contributed by atoms with Gasteiger partial charge in [-0.2, -0.15) is 0 Å². The first-order chi connectivity index (χ1) is 4.15. The summed E-state index contributed by atoms with van der Waals surface area (Å²) in [6.45, 7) is 0. The molecule has 1 aliphatic heterocycles. The minimum atomic E-state index is -1.44. The van der Waals surface area contributed by atoms with E-state index in [-0.39, 0.29) is 0 Å². The topological polar surface area (TPSA) is 57.5 Å². The number of carbonyl (C=O) groups is 1. The van der Waals surface area contributed by atoms with Crippen LogP contribution in [0.2, 0.25) is 12.6 Å². The van der Waals surface area contributed by atoms with Gasteiger partial charge in [0.25, 0.3) is 0 Å². The molecule has 0 spiro atoms. The molecule has 0 bridgehead atoms. The zero-order valence-electron chi connectivity index (χ0n) is 5.00. The van der Waals surface area contributed by atoms with Crippen LogP contribution in [-0.2, 0) is 4.79 Å². The van der Waals surface area contributed by atoms with E-state index >= 15 is 0 Å². The normalized spacial score (nSPS) is 33.9. The summed E-state index contributed by atoms with van der Waals surface area (Å²) >= 11 is 0. The van der Waals surface area contributed by atoms with Crippen molar-refractivity contribution >= 4 is 13.2 Å². The molecule has 1 aliphatic rings. The van der Waals surface area contributed by atoms with Gasteiger partial charge in [0.1, 0.15) is 7.28 Å². The van der Waals surface area contributed by atoms with Crippen molar-refractivity contribution in [2.75, 3.05) is 0 Å². The third kappa shape index (κ3) is 1.08. The molecule has 1 atom stereocenters. The lowest BCUT2D eigenvalue weighted by Gasteiger charge is -2.14. The molecule has 1 saturated heterocycles. The molecule has 0 aromatic carbocycles. The van der Waals surface area contributed by atoms with Gasteiger partial charge in [0.05, 0.1) is 0 Å². The van der Waals surface area contributed by atoms with E-state index in [0.29, 0.717) is 19.1 Å². The Bertz CT molecular complexity index is 128. The lowest BCUT2D eigenvalue weighted by Crippen LogP contribution is -2.34. The summed E-state index contributed by atoms with van der Waals surface area (Å²) in [4.78, 5) is 10.3. The van der Waals surface area contributed by atoms with E-state index in [1.165, 1.54) is 0 Å². The largest absolute Gasteiger partial charge is 0.479 e. The molecule has 0 saturated carbocycles. The van der Waals surface area contributed by atoms with Crippen LogP contribution in [0.5, 0.6) is 0 Å². The van der Waals surface area contributed by atoms with Gasteiger partial charge in [-0.05, 0) is 12.7 Å². The van der Waals surface area contributed by atoms with Crippen LogP contribution in [0.15, 0.2) is 0 Å². The van der Waals surface area contributed by atoms with E-state index in [1.807, 2.05) is 0 Å². The highest BCUT2D eigenvalue weighted by Gasteiger charge is 2.38. The Labute approximate surface area is 53.9 Å². The standard InChI is InChI=1S/C5H8BO3/c7-4(8)5(9)1-2-6-3-5/h9H,1-3H2,(H,7,8). The first kappa shape index (κ1) is 6.61. The quantitative estimate of drug-likeness (QED) is 0.477. The summed E-state index contributed by atoms with van der Waals surface area (Å²) in [6.07, 6.45) is 1.37. The molecule has 49 valence electrons. The summed E-state index contributed by atoms with van der Waals surface area (Å²) in [5, 5.41) is 17.5. The predicted octanol–water partition coefficient (Wildman–Crippen LogP) is -0.253. The van der Waals surface area contributed by atoms with Crippen LogP contribution in [0.4, 0.5) is 0 Å². The number of aliphatic hydroxyl groups is 1. The predicted molar refractivity (Wildman–Crippen MR) is 32.6 cm³/mol. The Morgan fingerprint density at radius 2 is 2.33 bits per heavy atom. The van der Waals surface area contributed by atoms with Gasteiger partial charge in [-0.3, -0.25) is 0 Å². The average Bonchev–Trinajstić information content (AvgIpc) is 2.16. The average molecular weight is 127 g/mol. The Morgan fingerprint density at radius 3 is 2.56 bits per heavy atom.